The summed E-state index contributed by atoms with van der Waals surface area (Å²) in [5, 5.41) is 9.88. The molecule has 0 aromatic carbocycles. The van der Waals surface area contributed by atoms with E-state index >= 15 is 0 Å². The molecule has 9 heteroatoms. The van der Waals surface area contributed by atoms with E-state index in [1.807, 2.05) is 5.38 Å². The van der Waals surface area contributed by atoms with Crippen molar-refractivity contribution in [3.8, 4) is 11.4 Å². The van der Waals surface area contributed by atoms with Gasteiger partial charge in [-0.3, -0.25) is 4.98 Å². The Balaban J connectivity index is 1.59. The Morgan fingerprint density at radius 1 is 1.26 bits per heavy atom. The Bertz CT molecular complexity index is 892. The van der Waals surface area contributed by atoms with Gasteiger partial charge >= 0.3 is 6.03 Å². The fourth-order valence-corrected chi connectivity index (χ4v) is 3.19. The maximum atomic E-state index is 12.4. The molecule has 0 fully saturated rings. The molecule has 0 aliphatic rings. The van der Waals surface area contributed by atoms with Gasteiger partial charge in [-0.15, -0.1) is 11.3 Å². The van der Waals surface area contributed by atoms with Crippen LogP contribution in [0.1, 0.15) is 49.3 Å². The largest absolute Gasteiger partial charge is 0.337 e. The number of carbonyl (C=O) groups excluding carboxylic acids is 1. The van der Waals surface area contributed by atoms with Gasteiger partial charge in [0.05, 0.1) is 17.2 Å². The van der Waals surface area contributed by atoms with Crippen molar-refractivity contribution in [3.63, 3.8) is 0 Å². The Morgan fingerprint density at radius 3 is 2.67 bits per heavy atom. The fourth-order valence-electron chi connectivity index (χ4n) is 2.36. The molecular weight excluding hydrogens is 364 g/mol. The summed E-state index contributed by atoms with van der Waals surface area (Å²) in [6.07, 6.45) is 3.32. The molecular formula is C18H22N6O2S. The minimum absolute atomic E-state index is 0.231. The topological polar surface area (TPSA) is 97.0 Å². The number of pyridine rings is 1. The van der Waals surface area contributed by atoms with Crippen molar-refractivity contribution in [2.24, 2.45) is 0 Å². The maximum Gasteiger partial charge on any atom is 0.318 e. The van der Waals surface area contributed by atoms with Crippen LogP contribution in [0.25, 0.3) is 11.4 Å². The van der Waals surface area contributed by atoms with Crippen LogP contribution in [-0.4, -0.2) is 38.1 Å². The van der Waals surface area contributed by atoms with E-state index in [4.69, 9.17) is 4.52 Å². The Kier molecular flexibility index (Phi) is 5.80. The fraction of sp³-hybridized carbons (Fsp3) is 0.389. The summed E-state index contributed by atoms with van der Waals surface area (Å²) in [6, 6.07) is 2.95. The molecule has 0 aliphatic heterocycles. The third kappa shape index (κ3) is 4.68. The molecule has 0 bridgehead atoms. The zero-order valence-electron chi connectivity index (χ0n) is 15.7. The molecule has 0 radical (unpaired) electrons. The average molecular weight is 386 g/mol. The lowest BCUT2D eigenvalue weighted by Crippen LogP contribution is -2.38. The number of hydrogen-bond acceptors (Lipinski definition) is 7. The van der Waals surface area contributed by atoms with Crippen LogP contribution in [0.15, 0.2) is 34.4 Å². The third-order valence-corrected chi connectivity index (χ3v) is 5.09. The molecule has 0 spiro atoms. The van der Waals surface area contributed by atoms with E-state index in [1.165, 1.54) is 0 Å². The summed E-state index contributed by atoms with van der Waals surface area (Å²) in [5.74, 6) is 1.19. The minimum atomic E-state index is -0.412. The quantitative estimate of drug-likeness (QED) is 0.695. The Morgan fingerprint density at radius 2 is 2.00 bits per heavy atom. The van der Waals surface area contributed by atoms with Crippen molar-refractivity contribution in [2.75, 3.05) is 7.05 Å². The molecule has 2 amide bonds. The number of rotatable bonds is 6. The zero-order chi connectivity index (χ0) is 19.4. The first-order valence-corrected chi connectivity index (χ1v) is 9.52. The standard InChI is InChI=1S/C18H22N6O2S/c1-11(2)17-21-14(10-27-17)9-24(4)18(25)20-12(3)16-22-15(23-26-16)13-5-7-19-8-6-13/h5-8,10-12H,9H2,1-4H3,(H,20,25). The lowest BCUT2D eigenvalue weighted by molar-refractivity contribution is 0.200. The molecule has 1 unspecified atom stereocenters. The summed E-state index contributed by atoms with van der Waals surface area (Å²) in [7, 11) is 1.73. The summed E-state index contributed by atoms with van der Waals surface area (Å²) in [5.41, 5.74) is 1.69. The van der Waals surface area contributed by atoms with Crippen LogP contribution in [0.2, 0.25) is 0 Å². The van der Waals surface area contributed by atoms with Gasteiger partial charge in [0.2, 0.25) is 11.7 Å². The minimum Gasteiger partial charge on any atom is -0.337 e. The summed E-state index contributed by atoms with van der Waals surface area (Å²) < 4.78 is 5.28. The van der Waals surface area contributed by atoms with Gasteiger partial charge in [-0.1, -0.05) is 19.0 Å². The van der Waals surface area contributed by atoms with Crippen molar-refractivity contribution in [1.29, 1.82) is 0 Å². The third-order valence-electron chi connectivity index (χ3n) is 3.90. The number of thiazole rings is 1. The second-order valence-corrected chi connectivity index (χ2v) is 7.44. The van der Waals surface area contributed by atoms with Crippen molar-refractivity contribution >= 4 is 17.4 Å². The van der Waals surface area contributed by atoms with Gasteiger partial charge in [-0.2, -0.15) is 4.98 Å². The van der Waals surface area contributed by atoms with Crippen molar-refractivity contribution in [3.05, 3.63) is 46.5 Å². The van der Waals surface area contributed by atoms with Crippen molar-refractivity contribution < 1.29 is 9.32 Å². The first kappa shape index (κ1) is 19.0. The van der Waals surface area contributed by atoms with E-state index in [1.54, 1.807) is 54.7 Å². The van der Waals surface area contributed by atoms with Gasteiger partial charge in [-0.05, 0) is 19.1 Å². The van der Waals surface area contributed by atoms with Crippen LogP contribution in [0, 0.1) is 0 Å². The molecule has 0 aliphatic carbocycles. The van der Waals surface area contributed by atoms with Crippen LogP contribution in [0.4, 0.5) is 4.79 Å². The van der Waals surface area contributed by atoms with E-state index in [2.05, 4.69) is 39.3 Å². The lowest BCUT2D eigenvalue weighted by atomic mass is 10.2. The van der Waals surface area contributed by atoms with E-state index < -0.39 is 6.04 Å². The lowest BCUT2D eigenvalue weighted by Gasteiger charge is -2.19. The average Bonchev–Trinajstić information content (AvgIpc) is 3.32. The molecule has 142 valence electrons. The summed E-state index contributed by atoms with van der Waals surface area (Å²) in [4.78, 5) is 26.9. The number of hydrogen-bond donors (Lipinski definition) is 1. The first-order chi connectivity index (χ1) is 12.9. The van der Waals surface area contributed by atoms with Gasteiger partial charge in [0, 0.05) is 36.3 Å². The van der Waals surface area contributed by atoms with Gasteiger partial charge in [0.15, 0.2) is 0 Å². The molecule has 1 N–H and O–H groups in total. The van der Waals surface area contributed by atoms with Crippen LogP contribution >= 0.6 is 11.3 Å². The van der Waals surface area contributed by atoms with E-state index in [0.29, 0.717) is 24.2 Å². The summed E-state index contributed by atoms with van der Waals surface area (Å²) in [6.45, 7) is 6.44. The predicted octanol–water partition coefficient (Wildman–Crippen LogP) is 3.61. The second-order valence-electron chi connectivity index (χ2n) is 6.55. The highest BCUT2D eigenvalue weighted by Crippen LogP contribution is 2.20. The maximum absolute atomic E-state index is 12.4. The molecule has 27 heavy (non-hydrogen) atoms. The highest BCUT2D eigenvalue weighted by molar-refractivity contribution is 7.09. The second kappa shape index (κ2) is 8.26. The highest BCUT2D eigenvalue weighted by atomic mass is 32.1. The van der Waals surface area contributed by atoms with Crippen LogP contribution < -0.4 is 5.32 Å². The SMILES string of the molecule is CC(C)c1nc(CN(C)C(=O)NC(C)c2nc(-c3ccncc3)no2)cs1. The summed E-state index contributed by atoms with van der Waals surface area (Å²) >= 11 is 1.62. The molecule has 0 saturated carbocycles. The molecule has 3 aromatic rings. The smallest absolute Gasteiger partial charge is 0.318 e. The number of amides is 2. The molecule has 3 rings (SSSR count). The van der Waals surface area contributed by atoms with Gasteiger partial charge < -0.3 is 14.7 Å². The Labute approximate surface area is 161 Å². The molecule has 3 aromatic heterocycles. The molecule has 3 heterocycles. The van der Waals surface area contributed by atoms with Crippen LogP contribution in [0.5, 0.6) is 0 Å². The first-order valence-electron chi connectivity index (χ1n) is 8.64. The van der Waals surface area contributed by atoms with Crippen LogP contribution in [0.3, 0.4) is 0 Å². The molecule has 1 atom stereocenters. The van der Waals surface area contributed by atoms with Crippen LogP contribution in [-0.2, 0) is 6.54 Å². The monoisotopic (exact) mass is 386 g/mol. The zero-order valence-corrected chi connectivity index (χ0v) is 16.5. The Hall–Kier alpha value is -2.81. The van der Waals surface area contributed by atoms with Gasteiger partial charge in [0.1, 0.15) is 6.04 Å². The molecule has 8 nitrogen and oxygen atoms in total. The predicted molar refractivity (Wildman–Crippen MR) is 102 cm³/mol. The van der Waals surface area contributed by atoms with Crippen molar-refractivity contribution in [2.45, 2.75) is 39.3 Å². The highest BCUT2D eigenvalue weighted by Gasteiger charge is 2.20. The van der Waals surface area contributed by atoms with Gasteiger partial charge in [-0.25, -0.2) is 9.78 Å². The van der Waals surface area contributed by atoms with E-state index in [0.717, 1.165) is 16.3 Å². The van der Waals surface area contributed by atoms with Crippen molar-refractivity contribution in [1.82, 2.24) is 30.3 Å². The van der Waals surface area contributed by atoms with Gasteiger partial charge in [0.25, 0.3) is 0 Å². The molecule has 0 saturated heterocycles. The number of urea groups is 1. The normalized spacial score (nSPS) is 12.2. The van der Waals surface area contributed by atoms with E-state index in [-0.39, 0.29) is 6.03 Å². The van der Waals surface area contributed by atoms with E-state index in [9.17, 15) is 4.79 Å². The number of nitrogens with one attached hydrogen (secondary N) is 1. The number of carbonyl (C=O) groups is 1. The number of nitrogens with zero attached hydrogens (tertiary/aromatic N) is 5. The number of aromatic nitrogens is 4.